The normalized spacial score (nSPS) is 11.1. The Morgan fingerprint density at radius 1 is 1.56 bits per heavy atom. The standard InChI is InChI=1S/C8H10N4O3S/c1-15-3-2-12-5-4(16-8(12)14)6(13)11-7(9)10-5/h2-3H2,1H3,(H3,9,10,11,13). The van der Waals surface area contributed by atoms with Crippen molar-refractivity contribution in [2.24, 2.45) is 0 Å². The van der Waals surface area contributed by atoms with Crippen molar-refractivity contribution in [3.63, 3.8) is 0 Å². The van der Waals surface area contributed by atoms with Gasteiger partial charge in [0.05, 0.1) is 13.2 Å². The maximum absolute atomic E-state index is 11.6. The van der Waals surface area contributed by atoms with Crippen LogP contribution in [0.15, 0.2) is 9.59 Å². The van der Waals surface area contributed by atoms with E-state index in [2.05, 4.69) is 9.97 Å². The number of thiazole rings is 1. The Bertz CT molecular complexity index is 626. The summed E-state index contributed by atoms with van der Waals surface area (Å²) in [5, 5.41) is 0. The van der Waals surface area contributed by atoms with Gasteiger partial charge in [-0.3, -0.25) is 19.1 Å². The molecule has 8 heteroatoms. The number of nitrogens with zero attached hydrogens (tertiary/aromatic N) is 2. The van der Waals surface area contributed by atoms with Crippen molar-refractivity contribution >= 4 is 27.6 Å². The lowest BCUT2D eigenvalue weighted by molar-refractivity contribution is 0.187. The molecule has 0 radical (unpaired) electrons. The molecule has 0 atom stereocenters. The zero-order valence-corrected chi connectivity index (χ0v) is 9.34. The summed E-state index contributed by atoms with van der Waals surface area (Å²) < 4.78 is 6.55. The van der Waals surface area contributed by atoms with E-state index in [1.807, 2.05) is 0 Å². The van der Waals surface area contributed by atoms with Gasteiger partial charge in [0.1, 0.15) is 4.70 Å². The number of H-pyrrole nitrogens is 1. The number of nitrogens with two attached hydrogens (primary N) is 1. The molecule has 0 unspecified atom stereocenters. The van der Waals surface area contributed by atoms with Crippen LogP contribution in [0, 0.1) is 0 Å². The van der Waals surface area contributed by atoms with Crippen LogP contribution in [0.1, 0.15) is 0 Å². The molecule has 0 fully saturated rings. The number of rotatable bonds is 3. The number of ether oxygens (including phenoxy) is 1. The zero-order valence-electron chi connectivity index (χ0n) is 8.52. The van der Waals surface area contributed by atoms with Crippen LogP contribution in [0.25, 0.3) is 10.3 Å². The highest BCUT2D eigenvalue weighted by Crippen LogP contribution is 2.10. The molecular weight excluding hydrogens is 232 g/mol. The van der Waals surface area contributed by atoms with E-state index in [-0.39, 0.29) is 21.1 Å². The van der Waals surface area contributed by atoms with Crippen LogP contribution in [0.3, 0.4) is 0 Å². The summed E-state index contributed by atoms with van der Waals surface area (Å²) in [5.41, 5.74) is 5.35. The topological polar surface area (TPSA) is 103 Å². The second-order valence-electron chi connectivity index (χ2n) is 3.12. The van der Waals surface area contributed by atoms with Crippen molar-refractivity contribution < 1.29 is 4.74 Å². The number of hydrogen-bond acceptors (Lipinski definition) is 6. The summed E-state index contributed by atoms with van der Waals surface area (Å²) in [4.78, 5) is 29.1. The van der Waals surface area contributed by atoms with Crippen LogP contribution in [0.5, 0.6) is 0 Å². The predicted octanol–water partition coefficient (Wildman–Crippen LogP) is -0.625. The van der Waals surface area contributed by atoms with Crippen molar-refractivity contribution in [3.8, 4) is 0 Å². The van der Waals surface area contributed by atoms with Gasteiger partial charge < -0.3 is 10.5 Å². The summed E-state index contributed by atoms with van der Waals surface area (Å²) in [7, 11) is 1.54. The van der Waals surface area contributed by atoms with Crippen molar-refractivity contribution in [1.29, 1.82) is 0 Å². The van der Waals surface area contributed by atoms with Crippen molar-refractivity contribution in [2.45, 2.75) is 6.54 Å². The van der Waals surface area contributed by atoms with Gasteiger partial charge in [-0.2, -0.15) is 4.98 Å². The molecule has 16 heavy (non-hydrogen) atoms. The Balaban J connectivity index is 2.69. The van der Waals surface area contributed by atoms with E-state index in [0.717, 1.165) is 11.3 Å². The molecule has 0 aliphatic heterocycles. The Kier molecular flexibility index (Phi) is 2.75. The fourth-order valence-corrected chi connectivity index (χ4v) is 2.20. The first-order valence-electron chi connectivity index (χ1n) is 4.51. The molecule has 0 bridgehead atoms. The van der Waals surface area contributed by atoms with Crippen LogP contribution >= 0.6 is 11.3 Å². The van der Waals surface area contributed by atoms with E-state index in [1.54, 1.807) is 0 Å². The van der Waals surface area contributed by atoms with Crippen LogP contribution in [-0.2, 0) is 11.3 Å². The molecule has 2 aromatic rings. The SMILES string of the molecule is COCCn1c(=O)sc2c(=O)[nH]c(N)nc21. The van der Waals surface area contributed by atoms with Gasteiger partial charge in [0, 0.05) is 7.11 Å². The second kappa shape index (κ2) is 4.06. The average molecular weight is 242 g/mol. The maximum atomic E-state index is 11.6. The largest absolute Gasteiger partial charge is 0.383 e. The van der Waals surface area contributed by atoms with Gasteiger partial charge in [-0.15, -0.1) is 0 Å². The monoisotopic (exact) mass is 242 g/mol. The van der Waals surface area contributed by atoms with Gasteiger partial charge >= 0.3 is 4.87 Å². The lowest BCUT2D eigenvalue weighted by atomic mass is 10.5. The average Bonchev–Trinajstić information content (AvgIpc) is 2.53. The third-order valence-corrected chi connectivity index (χ3v) is 3.03. The van der Waals surface area contributed by atoms with Crippen LogP contribution in [0.4, 0.5) is 5.95 Å². The van der Waals surface area contributed by atoms with Crippen LogP contribution in [-0.4, -0.2) is 28.3 Å². The Morgan fingerprint density at radius 2 is 2.31 bits per heavy atom. The van der Waals surface area contributed by atoms with E-state index in [1.165, 1.54) is 11.7 Å². The Labute approximate surface area is 93.5 Å². The summed E-state index contributed by atoms with van der Waals surface area (Å²) in [6.07, 6.45) is 0. The molecule has 0 saturated carbocycles. The van der Waals surface area contributed by atoms with Gasteiger partial charge in [-0.05, 0) is 0 Å². The number of anilines is 1. The molecule has 0 saturated heterocycles. The molecule has 0 amide bonds. The number of aromatic amines is 1. The summed E-state index contributed by atoms with van der Waals surface area (Å²) in [6, 6.07) is 0. The smallest absolute Gasteiger partial charge is 0.309 e. The Morgan fingerprint density at radius 3 is 3.00 bits per heavy atom. The van der Waals surface area contributed by atoms with E-state index in [4.69, 9.17) is 10.5 Å². The predicted molar refractivity (Wildman–Crippen MR) is 60.8 cm³/mol. The first kappa shape index (κ1) is 10.8. The number of aromatic nitrogens is 3. The van der Waals surface area contributed by atoms with Gasteiger partial charge in [-0.1, -0.05) is 11.3 Å². The Hall–Kier alpha value is -1.67. The second-order valence-corrected chi connectivity index (χ2v) is 4.08. The molecule has 0 aliphatic rings. The number of fused-ring (bicyclic) bond motifs is 1. The summed E-state index contributed by atoms with van der Waals surface area (Å²) >= 11 is 0.855. The first-order chi connectivity index (χ1) is 7.63. The minimum atomic E-state index is -0.388. The van der Waals surface area contributed by atoms with Crippen molar-refractivity contribution in [1.82, 2.24) is 14.5 Å². The number of nitrogens with one attached hydrogen (secondary N) is 1. The zero-order chi connectivity index (χ0) is 11.7. The van der Waals surface area contributed by atoms with E-state index >= 15 is 0 Å². The number of nitrogen functional groups attached to an aromatic ring is 1. The van der Waals surface area contributed by atoms with Gasteiger partial charge in [-0.25, -0.2) is 0 Å². The molecule has 0 aliphatic carbocycles. The molecule has 0 aromatic carbocycles. The minimum absolute atomic E-state index is 0.00136. The molecule has 0 spiro atoms. The van der Waals surface area contributed by atoms with Crippen molar-refractivity contribution in [3.05, 3.63) is 20.0 Å². The highest BCUT2D eigenvalue weighted by molar-refractivity contribution is 7.16. The van der Waals surface area contributed by atoms with E-state index in [9.17, 15) is 9.59 Å². The quantitative estimate of drug-likeness (QED) is 0.746. The highest BCUT2D eigenvalue weighted by Gasteiger charge is 2.12. The van der Waals surface area contributed by atoms with Crippen LogP contribution in [0.2, 0.25) is 0 Å². The maximum Gasteiger partial charge on any atom is 0.309 e. The minimum Gasteiger partial charge on any atom is -0.383 e. The fourth-order valence-electron chi connectivity index (χ4n) is 1.35. The molecule has 2 rings (SSSR count). The van der Waals surface area contributed by atoms with Gasteiger partial charge in [0.15, 0.2) is 5.65 Å². The van der Waals surface area contributed by atoms with E-state index in [0.29, 0.717) is 18.8 Å². The summed E-state index contributed by atoms with van der Waals surface area (Å²) in [6.45, 7) is 0.728. The fraction of sp³-hybridized carbons (Fsp3) is 0.375. The van der Waals surface area contributed by atoms with Gasteiger partial charge in [0.25, 0.3) is 5.56 Å². The molecule has 2 heterocycles. The molecule has 3 N–H and O–H groups in total. The van der Waals surface area contributed by atoms with E-state index < -0.39 is 0 Å². The lowest BCUT2D eigenvalue weighted by Crippen LogP contribution is -2.17. The molecular formula is C8H10N4O3S. The molecule has 7 nitrogen and oxygen atoms in total. The number of hydrogen-bond donors (Lipinski definition) is 2. The highest BCUT2D eigenvalue weighted by atomic mass is 32.1. The first-order valence-corrected chi connectivity index (χ1v) is 5.33. The number of methoxy groups -OCH3 is 1. The third kappa shape index (κ3) is 1.72. The third-order valence-electron chi connectivity index (χ3n) is 2.06. The lowest BCUT2D eigenvalue weighted by Gasteiger charge is -2.01. The van der Waals surface area contributed by atoms with Crippen molar-refractivity contribution in [2.75, 3.05) is 19.5 Å². The molecule has 2 aromatic heterocycles. The van der Waals surface area contributed by atoms with Gasteiger partial charge in [0.2, 0.25) is 5.95 Å². The summed E-state index contributed by atoms with van der Waals surface area (Å²) in [5.74, 6) is 0.00136. The van der Waals surface area contributed by atoms with Crippen LogP contribution < -0.4 is 16.2 Å². The molecule has 86 valence electrons.